The molecule has 0 aromatic carbocycles. The number of carbonyl (C=O) groups excluding carboxylic acids is 4. The van der Waals surface area contributed by atoms with Crippen molar-refractivity contribution in [1.82, 2.24) is 0 Å². The molecule has 3 unspecified atom stereocenters. The molecule has 0 saturated carbocycles. The Labute approximate surface area is 556 Å². The number of aliphatic hydroxyl groups is 1. The van der Waals surface area contributed by atoms with E-state index >= 15 is 0 Å². The molecule has 0 aromatic rings. The molecule has 0 aliphatic heterocycles. The van der Waals surface area contributed by atoms with Gasteiger partial charge in [-0.15, -0.1) is 0 Å². The molecule has 6 atom stereocenters. The van der Waals surface area contributed by atoms with E-state index in [4.69, 9.17) is 37.0 Å². The van der Waals surface area contributed by atoms with Gasteiger partial charge in [0.1, 0.15) is 19.3 Å². The highest BCUT2D eigenvalue weighted by Gasteiger charge is 2.30. The third-order valence-corrected chi connectivity index (χ3v) is 18.9. The van der Waals surface area contributed by atoms with E-state index in [1.54, 1.807) is 0 Å². The van der Waals surface area contributed by atoms with E-state index in [1.807, 2.05) is 0 Å². The Morgan fingerprint density at radius 2 is 0.560 bits per heavy atom. The van der Waals surface area contributed by atoms with Crippen LogP contribution in [-0.2, 0) is 65.4 Å². The highest BCUT2D eigenvalue weighted by Crippen LogP contribution is 2.45. The van der Waals surface area contributed by atoms with Gasteiger partial charge >= 0.3 is 39.5 Å². The molecule has 540 valence electrons. The molecule has 0 saturated heterocycles. The number of unbranched alkanes of at least 4 members (excludes halogenated alkanes) is 37. The van der Waals surface area contributed by atoms with Crippen molar-refractivity contribution < 1.29 is 80.2 Å². The summed E-state index contributed by atoms with van der Waals surface area (Å²) >= 11 is 0. The number of phosphoric acid groups is 2. The maximum Gasteiger partial charge on any atom is 0.472 e. The Bertz CT molecular complexity index is 1790. The summed E-state index contributed by atoms with van der Waals surface area (Å²) in [5, 5.41) is 10.6. The van der Waals surface area contributed by atoms with Crippen LogP contribution in [0.2, 0.25) is 0 Å². The molecule has 91 heavy (non-hydrogen) atoms. The van der Waals surface area contributed by atoms with Crippen LogP contribution in [0.5, 0.6) is 0 Å². The molecule has 0 aromatic heterocycles. The predicted octanol–water partition coefficient (Wildman–Crippen LogP) is 20.6. The topological polar surface area (TPSA) is 237 Å². The fourth-order valence-electron chi connectivity index (χ4n) is 10.9. The lowest BCUT2D eigenvalue weighted by Gasteiger charge is -2.21. The van der Waals surface area contributed by atoms with Crippen LogP contribution in [0.25, 0.3) is 0 Å². The molecule has 0 bridgehead atoms. The number of hydrogen-bond donors (Lipinski definition) is 3. The number of hydrogen-bond acceptors (Lipinski definition) is 15. The number of carbonyl (C=O) groups is 4. The number of aliphatic hydroxyl groups excluding tert-OH is 1. The summed E-state index contributed by atoms with van der Waals surface area (Å²) in [6.45, 7) is 11.8. The first-order chi connectivity index (χ1) is 43.8. The first kappa shape index (κ1) is 89.1. The van der Waals surface area contributed by atoms with Gasteiger partial charge in [-0.25, -0.2) is 9.13 Å². The van der Waals surface area contributed by atoms with Crippen molar-refractivity contribution >= 4 is 39.5 Å². The summed E-state index contributed by atoms with van der Waals surface area (Å²) in [7, 11) is -9.91. The van der Waals surface area contributed by atoms with Gasteiger partial charge in [-0.1, -0.05) is 312 Å². The zero-order chi connectivity index (χ0) is 67.3. The Balaban J connectivity index is 5.27. The van der Waals surface area contributed by atoms with Crippen LogP contribution in [0.4, 0.5) is 0 Å². The lowest BCUT2D eigenvalue weighted by atomic mass is 9.99. The Morgan fingerprint density at radius 3 is 0.835 bits per heavy atom. The molecule has 0 amide bonds. The first-order valence-corrected chi connectivity index (χ1v) is 40.4. The molecule has 0 heterocycles. The van der Waals surface area contributed by atoms with Crippen molar-refractivity contribution in [2.75, 3.05) is 39.6 Å². The third kappa shape index (κ3) is 65.1. The quantitative estimate of drug-likeness (QED) is 0.0222. The van der Waals surface area contributed by atoms with E-state index in [9.17, 15) is 43.2 Å². The largest absolute Gasteiger partial charge is 0.472 e. The second kappa shape index (κ2) is 62.8. The average Bonchev–Trinajstić information content (AvgIpc) is 2.60. The number of esters is 4. The molecule has 17 nitrogen and oxygen atoms in total. The zero-order valence-electron chi connectivity index (χ0n) is 59.3. The minimum atomic E-state index is -4.95. The zero-order valence-corrected chi connectivity index (χ0v) is 61.1. The second-order valence-corrected chi connectivity index (χ2v) is 30.1. The molecular formula is C72H140O17P2. The normalized spacial score (nSPS) is 14.5. The van der Waals surface area contributed by atoms with Gasteiger partial charge < -0.3 is 33.8 Å². The van der Waals surface area contributed by atoms with E-state index in [-0.39, 0.29) is 25.7 Å². The summed E-state index contributed by atoms with van der Waals surface area (Å²) in [6, 6.07) is 0. The number of ether oxygens (including phenoxy) is 4. The molecular weight excluding hydrogens is 1200 g/mol. The summed E-state index contributed by atoms with van der Waals surface area (Å²) < 4.78 is 68.4. The predicted molar refractivity (Wildman–Crippen MR) is 368 cm³/mol. The van der Waals surface area contributed by atoms with Crippen molar-refractivity contribution in [3.05, 3.63) is 0 Å². The first-order valence-electron chi connectivity index (χ1n) is 37.4. The maximum absolute atomic E-state index is 13.0. The van der Waals surface area contributed by atoms with Gasteiger partial charge in [0.2, 0.25) is 0 Å². The lowest BCUT2D eigenvalue weighted by Crippen LogP contribution is -2.30. The molecule has 0 fully saturated rings. The molecule has 0 aliphatic rings. The number of phosphoric ester groups is 2. The van der Waals surface area contributed by atoms with E-state index in [1.165, 1.54) is 173 Å². The minimum Gasteiger partial charge on any atom is -0.462 e. The van der Waals surface area contributed by atoms with Crippen molar-refractivity contribution in [1.29, 1.82) is 0 Å². The lowest BCUT2D eigenvalue weighted by molar-refractivity contribution is -0.161. The van der Waals surface area contributed by atoms with Crippen LogP contribution in [0.3, 0.4) is 0 Å². The molecule has 19 heteroatoms. The number of rotatable bonds is 70. The second-order valence-electron chi connectivity index (χ2n) is 27.2. The van der Waals surface area contributed by atoms with Gasteiger partial charge in [0.05, 0.1) is 26.4 Å². The maximum atomic E-state index is 13.0. The van der Waals surface area contributed by atoms with Crippen molar-refractivity contribution in [3.63, 3.8) is 0 Å². The summed E-state index contributed by atoms with van der Waals surface area (Å²) in [5.74, 6) is 0.156. The van der Waals surface area contributed by atoms with Crippen LogP contribution >= 0.6 is 15.6 Å². The van der Waals surface area contributed by atoms with Gasteiger partial charge in [-0.05, 0) is 43.4 Å². The Morgan fingerprint density at radius 1 is 0.319 bits per heavy atom. The van der Waals surface area contributed by atoms with Gasteiger partial charge in [0, 0.05) is 25.7 Å². The van der Waals surface area contributed by atoms with Crippen LogP contribution in [0.15, 0.2) is 0 Å². The summed E-state index contributed by atoms with van der Waals surface area (Å²) in [4.78, 5) is 72.7. The summed E-state index contributed by atoms with van der Waals surface area (Å²) in [6.07, 6.45) is 47.0. The van der Waals surface area contributed by atoms with Gasteiger partial charge in [-0.3, -0.25) is 37.3 Å². The molecule has 0 aliphatic carbocycles. The fraction of sp³-hybridized carbons (Fsp3) is 0.944. The van der Waals surface area contributed by atoms with Gasteiger partial charge in [0.25, 0.3) is 0 Å². The molecule has 0 rings (SSSR count). The Hall–Kier alpha value is -1.94. The smallest absolute Gasteiger partial charge is 0.462 e. The highest BCUT2D eigenvalue weighted by molar-refractivity contribution is 7.47. The average molecular weight is 1340 g/mol. The summed E-state index contributed by atoms with van der Waals surface area (Å²) in [5.41, 5.74) is 0. The van der Waals surface area contributed by atoms with E-state index in [0.29, 0.717) is 25.7 Å². The van der Waals surface area contributed by atoms with E-state index in [0.717, 1.165) is 108 Å². The molecule has 0 radical (unpaired) electrons. The molecule has 3 N–H and O–H groups in total. The minimum absolute atomic E-state index is 0.105. The monoisotopic (exact) mass is 1340 g/mol. The van der Waals surface area contributed by atoms with Crippen LogP contribution in [-0.4, -0.2) is 96.7 Å². The van der Waals surface area contributed by atoms with Crippen molar-refractivity contribution in [3.8, 4) is 0 Å². The SMILES string of the molecule is CCCCCCCCCCCCCCCC(=O)OC[C@H](COP(=O)(O)OC[C@@H](O)COP(=O)(O)OC[C@@H](COC(=O)CCCCCCCCCCC(C)CC)OC(=O)CCCCCCCCCCCC(C)C)OC(=O)CCCCCCCCCCCCCC(C)C. The standard InChI is InChI=1S/C72H140O17P2/c1-8-10-11-12-13-14-15-16-19-24-32-39-46-53-69(74)82-59-67(88-71(76)55-48-41-34-25-20-17-18-22-29-36-43-50-63(3)4)61-86-90(78,79)84-57-66(73)58-85-91(80,81)87-62-68(89-72(77)56-49-42-35-26-21-23-30-37-44-51-64(5)6)60-83-70(75)54-47-40-33-28-27-31-38-45-52-65(7)9-2/h63-68,73H,8-62H2,1-7H3,(H,78,79)(H,80,81)/t65?,66-,67-,68-/m1/s1. The fourth-order valence-corrected chi connectivity index (χ4v) is 12.4. The Kier molecular flexibility index (Phi) is 61.5. The van der Waals surface area contributed by atoms with Gasteiger partial charge in [-0.2, -0.15) is 0 Å². The van der Waals surface area contributed by atoms with E-state index < -0.39 is 97.5 Å². The van der Waals surface area contributed by atoms with Crippen LogP contribution in [0.1, 0.15) is 363 Å². The highest BCUT2D eigenvalue weighted by atomic mass is 31.2. The third-order valence-electron chi connectivity index (χ3n) is 17.0. The van der Waals surface area contributed by atoms with E-state index in [2.05, 4.69) is 48.5 Å². The van der Waals surface area contributed by atoms with Crippen molar-refractivity contribution in [2.45, 2.75) is 381 Å². The van der Waals surface area contributed by atoms with Gasteiger partial charge in [0.15, 0.2) is 12.2 Å². The molecule has 0 spiro atoms. The van der Waals surface area contributed by atoms with Crippen molar-refractivity contribution in [2.24, 2.45) is 17.8 Å². The van der Waals surface area contributed by atoms with Crippen LogP contribution in [0, 0.1) is 17.8 Å². The van der Waals surface area contributed by atoms with Crippen LogP contribution < -0.4 is 0 Å².